The van der Waals surface area contributed by atoms with Crippen molar-refractivity contribution >= 4 is 23.3 Å². The molecule has 1 fully saturated rings. The van der Waals surface area contributed by atoms with Crippen LogP contribution in [0, 0.1) is 5.41 Å². The number of methoxy groups -OCH3 is 2. The molecule has 1 saturated heterocycles. The number of benzene rings is 1. The van der Waals surface area contributed by atoms with Gasteiger partial charge in [0.15, 0.2) is 5.78 Å². The lowest BCUT2D eigenvalue weighted by Gasteiger charge is -2.45. The molecule has 2 aliphatic rings. The van der Waals surface area contributed by atoms with Crippen LogP contribution in [0.2, 0.25) is 0 Å². The minimum absolute atomic E-state index is 0.00313. The molecule has 0 bridgehead atoms. The van der Waals surface area contributed by atoms with Crippen molar-refractivity contribution in [3.05, 3.63) is 17.7 Å². The maximum absolute atomic E-state index is 12.9. The molecule has 6 nitrogen and oxygen atoms in total. The summed E-state index contributed by atoms with van der Waals surface area (Å²) in [4.78, 5) is 27.3. The summed E-state index contributed by atoms with van der Waals surface area (Å²) in [6.45, 7) is 4.79. The lowest BCUT2D eigenvalue weighted by Crippen LogP contribution is -2.54. The van der Waals surface area contributed by atoms with E-state index in [0.717, 1.165) is 0 Å². The van der Waals surface area contributed by atoms with E-state index < -0.39 is 11.0 Å². The molecule has 1 spiro atoms. The number of hydrogen-bond donors (Lipinski definition) is 0. The molecule has 2 aliphatic heterocycles. The minimum Gasteiger partial charge on any atom is -0.496 e. The average molecular weight is 396 g/mol. The molecule has 2 heterocycles. The average Bonchev–Trinajstić information content (AvgIpc) is 2.66. The molecule has 27 heavy (non-hydrogen) atoms. The van der Waals surface area contributed by atoms with Crippen LogP contribution in [-0.2, 0) is 4.79 Å². The third-order valence-electron chi connectivity index (χ3n) is 5.46. The highest BCUT2D eigenvalue weighted by molar-refractivity contribution is 6.19. The predicted octanol–water partition coefficient (Wildman–Crippen LogP) is 3.30. The number of hydrogen-bond acceptors (Lipinski definition) is 5. The number of Topliss-reactive ketones (excluding diaryl/α,β-unsaturated/α-hetero) is 1. The molecule has 3 rings (SSSR count). The Morgan fingerprint density at radius 1 is 1.26 bits per heavy atom. The molecule has 148 valence electrons. The molecule has 0 saturated carbocycles. The van der Waals surface area contributed by atoms with E-state index in [9.17, 15) is 9.59 Å². The highest BCUT2D eigenvalue weighted by Crippen LogP contribution is 2.45. The van der Waals surface area contributed by atoms with E-state index in [-0.39, 0.29) is 24.0 Å². The van der Waals surface area contributed by atoms with Crippen molar-refractivity contribution in [1.82, 2.24) is 4.90 Å². The Bertz CT molecular complexity index is 753. The normalized spacial score (nSPS) is 18.7. The number of carbonyl (C=O) groups excluding carboxylic acids is 2. The molecule has 0 N–H and O–H groups in total. The van der Waals surface area contributed by atoms with E-state index >= 15 is 0 Å². The van der Waals surface area contributed by atoms with Gasteiger partial charge in [-0.15, -0.1) is 11.6 Å². The molecule has 1 aromatic carbocycles. The SMILES string of the molecule is COc1cc(OC)c2c(c1)OC1(CCN(C(=O)C(C)(C)CCl)CC1)CC2=O. The second-order valence-electron chi connectivity index (χ2n) is 7.90. The van der Waals surface area contributed by atoms with Crippen LogP contribution in [0.1, 0.15) is 43.5 Å². The van der Waals surface area contributed by atoms with Crippen LogP contribution >= 0.6 is 11.6 Å². The van der Waals surface area contributed by atoms with Crippen LogP contribution < -0.4 is 14.2 Å². The van der Waals surface area contributed by atoms with Crippen molar-refractivity contribution in [2.24, 2.45) is 5.41 Å². The van der Waals surface area contributed by atoms with E-state index in [1.165, 1.54) is 7.11 Å². The van der Waals surface area contributed by atoms with Gasteiger partial charge >= 0.3 is 0 Å². The number of ketones is 1. The van der Waals surface area contributed by atoms with Gasteiger partial charge in [-0.2, -0.15) is 0 Å². The zero-order valence-electron chi connectivity index (χ0n) is 16.3. The van der Waals surface area contributed by atoms with E-state index in [0.29, 0.717) is 48.7 Å². The number of piperidine rings is 1. The molecule has 1 aromatic rings. The van der Waals surface area contributed by atoms with Crippen molar-refractivity contribution in [2.75, 3.05) is 33.2 Å². The largest absolute Gasteiger partial charge is 0.496 e. The van der Waals surface area contributed by atoms with Gasteiger partial charge in [0.2, 0.25) is 5.91 Å². The fraction of sp³-hybridized carbons (Fsp3) is 0.600. The molecule has 0 aliphatic carbocycles. The van der Waals surface area contributed by atoms with Crippen LogP contribution in [0.5, 0.6) is 17.2 Å². The molecule has 0 aromatic heterocycles. The fourth-order valence-electron chi connectivity index (χ4n) is 3.73. The fourth-order valence-corrected chi connectivity index (χ4v) is 3.85. The standard InChI is InChI=1S/C20H26ClNO5/c1-19(2,12-21)18(24)22-7-5-20(6-8-22)11-14(23)17-15(26-4)9-13(25-3)10-16(17)27-20/h9-10H,5-8,11-12H2,1-4H3. The maximum atomic E-state index is 12.9. The van der Waals surface area contributed by atoms with Crippen LogP contribution in [0.4, 0.5) is 0 Å². The van der Waals surface area contributed by atoms with Gasteiger partial charge in [0.25, 0.3) is 0 Å². The molecular weight excluding hydrogens is 370 g/mol. The summed E-state index contributed by atoms with van der Waals surface area (Å²) in [7, 11) is 3.08. The van der Waals surface area contributed by atoms with Gasteiger partial charge in [-0.05, 0) is 13.8 Å². The zero-order valence-corrected chi connectivity index (χ0v) is 17.0. The molecule has 0 atom stereocenters. The van der Waals surface area contributed by atoms with Gasteiger partial charge in [0.05, 0.1) is 26.1 Å². The van der Waals surface area contributed by atoms with Gasteiger partial charge in [-0.3, -0.25) is 9.59 Å². The van der Waals surface area contributed by atoms with Gasteiger partial charge in [-0.25, -0.2) is 0 Å². The van der Waals surface area contributed by atoms with Crippen LogP contribution in [-0.4, -0.2) is 55.4 Å². The number of halogens is 1. The number of carbonyl (C=O) groups is 2. The van der Waals surface area contributed by atoms with Gasteiger partial charge in [-0.1, -0.05) is 0 Å². The Labute approximate surface area is 164 Å². The van der Waals surface area contributed by atoms with E-state index in [4.69, 9.17) is 25.8 Å². The summed E-state index contributed by atoms with van der Waals surface area (Å²) < 4.78 is 17.0. The minimum atomic E-state index is -0.595. The summed E-state index contributed by atoms with van der Waals surface area (Å²) in [6.07, 6.45) is 1.48. The summed E-state index contributed by atoms with van der Waals surface area (Å²) in [5.41, 5.74) is -0.725. The zero-order chi connectivity index (χ0) is 19.8. The Balaban J connectivity index is 1.81. The first kappa shape index (κ1) is 19.8. The number of alkyl halides is 1. The van der Waals surface area contributed by atoms with Crippen molar-refractivity contribution in [3.8, 4) is 17.2 Å². The van der Waals surface area contributed by atoms with Gasteiger partial charge in [0.1, 0.15) is 28.4 Å². The highest BCUT2D eigenvalue weighted by atomic mass is 35.5. The highest BCUT2D eigenvalue weighted by Gasteiger charge is 2.46. The quantitative estimate of drug-likeness (QED) is 0.732. The molecule has 0 unspecified atom stereocenters. The first-order chi connectivity index (χ1) is 12.7. The lowest BCUT2D eigenvalue weighted by molar-refractivity contribution is -0.142. The summed E-state index contributed by atoms with van der Waals surface area (Å²) >= 11 is 5.94. The third kappa shape index (κ3) is 3.59. The van der Waals surface area contributed by atoms with Gasteiger partial charge < -0.3 is 19.1 Å². The van der Waals surface area contributed by atoms with Crippen LogP contribution in [0.3, 0.4) is 0 Å². The third-order valence-corrected chi connectivity index (χ3v) is 6.13. The number of rotatable bonds is 4. The second-order valence-corrected chi connectivity index (χ2v) is 8.16. The monoisotopic (exact) mass is 395 g/mol. The molecule has 7 heteroatoms. The predicted molar refractivity (Wildman–Crippen MR) is 102 cm³/mol. The van der Waals surface area contributed by atoms with E-state index in [1.807, 2.05) is 18.7 Å². The van der Waals surface area contributed by atoms with Gasteiger partial charge in [0, 0.05) is 43.9 Å². The summed E-state index contributed by atoms with van der Waals surface area (Å²) in [6, 6.07) is 3.42. The number of ether oxygens (including phenoxy) is 3. The Morgan fingerprint density at radius 2 is 1.93 bits per heavy atom. The number of likely N-dealkylation sites (tertiary alicyclic amines) is 1. The summed E-state index contributed by atoms with van der Waals surface area (Å²) in [5, 5.41) is 0. The first-order valence-electron chi connectivity index (χ1n) is 9.09. The molecule has 1 amide bonds. The number of nitrogens with zero attached hydrogens (tertiary/aromatic N) is 1. The van der Waals surface area contributed by atoms with Crippen LogP contribution in [0.15, 0.2) is 12.1 Å². The number of amides is 1. The van der Waals surface area contributed by atoms with Crippen molar-refractivity contribution in [2.45, 2.75) is 38.7 Å². The molecule has 0 radical (unpaired) electrons. The Kier molecular flexibility index (Phi) is 5.30. The Hall–Kier alpha value is -1.95. The first-order valence-corrected chi connectivity index (χ1v) is 9.62. The molecular formula is C20H26ClNO5. The van der Waals surface area contributed by atoms with Crippen molar-refractivity contribution in [1.29, 1.82) is 0 Å². The lowest BCUT2D eigenvalue weighted by atomic mass is 9.81. The second kappa shape index (κ2) is 7.23. The Morgan fingerprint density at radius 3 is 2.48 bits per heavy atom. The van der Waals surface area contributed by atoms with Crippen molar-refractivity contribution < 1.29 is 23.8 Å². The van der Waals surface area contributed by atoms with E-state index in [1.54, 1.807) is 19.2 Å². The smallest absolute Gasteiger partial charge is 0.229 e. The van der Waals surface area contributed by atoms with E-state index in [2.05, 4.69) is 0 Å². The van der Waals surface area contributed by atoms with Crippen LogP contribution in [0.25, 0.3) is 0 Å². The topological polar surface area (TPSA) is 65.1 Å². The maximum Gasteiger partial charge on any atom is 0.229 e. The van der Waals surface area contributed by atoms with Crippen molar-refractivity contribution in [3.63, 3.8) is 0 Å². The number of fused-ring (bicyclic) bond motifs is 1. The summed E-state index contributed by atoms with van der Waals surface area (Å²) in [5.74, 6) is 1.83.